The summed E-state index contributed by atoms with van der Waals surface area (Å²) in [6.45, 7) is 1.91. The third-order valence-corrected chi connectivity index (χ3v) is 3.73. The number of hydrogen-bond acceptors (Lipinski definition) is 1. The lowest BCUT2D eigenvalue weighted by molar-refractivity contribution is -0.137. The Balaban J connectivity index is 2.06. The minimum atomic E-state index is -4.51. The predicted molar refractivity (Wildman–Crippen MR) is 90.7 cm³/mol. The molecule has 0 saturated heterocycles. The van der Waals surface area contributed by atoms with Crippen molar-refractivity contribution in [1.29, 1.82) is 0 Å². The fourth-order valence-corrected chi connectivity index (χ4v) is 2.53. The van der Waals surface area contributed by atoms with E-state index in [1.54, 1.807) is 0 Å². The van der Waals surface area contributed by atoms with Crippen LogP contribution in [0.25, 0.3) is 0 Å². The maximum atomic E-state index is 12.8. The van der Waals surface area contributed by atoms with Crippen LogP contribution in [0, 0.1) is 0 Å². The fourth-order valence-electron chi connectivity index (χ4n) is 2.01. The molecule has 122 valence electrons. The van der Waals surface area contributed by atoms with Gasteiger partial charge in [0.05, 0.1) is 16.6 Å². The van der Waals surface area contributed by atoms with Gasteiger partial charge in [-0.2, -0.15) is 13.2 Å². The lowest BCUT2D eigenvalue weighted by atomic mass is 10.1. The zero-order chi connectivity index (χ0) is 17.0. The number of hydrogen-bond donors (Lipinski definition) is 2. The van der Waals surface area contributed by atoms with Crippen LogP contribution in [0.5, 0.6) is 0 Å². The Bertz CT molecular complexity index is 689. The van der Waals surface area contributed by atoms with Crippen LogP contribution in [0.4, 0.5) is 18.9 Å². The molecule has 0 fully saturated rings. The molecule has 0 amide bonds. The fraction of sp³-hybridized carbons (Fsp3) is 0.188. The van der Waals surface area contributed by atoms with Gasteiger partial charge in [-0.1, -0.05) is 41.9 Å². The first kappa shape index (κ1) is 17.6. The molecular weight excluding hydrogens is 345 g/mol. The van der Waals surface area contributed by atoms with E-state index < -0.39 is 11.7 Å². The molecule has 2 nitrogen and oxygen atoms in total. The largest absolute Gasteiger partial charge is 0.417 e. The molecule has 0 bridgehead atoms. The minimum absolute atomic E-state index is 0.0782. The van der Waals surface area contributed by atoms with Crippen molar-refractivity contribution in [2.75, 3.05) is 5.32 Å². The number of halogens is 4. The van der Waals surface area contributed by atoms with Crippen LogP contribution in [-0.4, -0.2) is 5.11 Å². The van der Waals surface area contributed by atoms with E-state index in [1.807, 2.05) is 37.3 Å². The first-order valence-electron chi connectivity index (χ1n) is 6.76. The molecule has 0 aliphatic heterocycles. The predicted octanol–water partition coefficient (Wildman–Crippen LogP) is 5.41. The molecule has 1 atom stereocenters. The minimum Gasteiger partial charge on any atom is -0.356 e. The van der Waals surface area contributed by atoms with Gasteiger partial charge in [-0.05, 0) is 42.9 Å². The normalized spacial score (nSPS) is 12.6. The molecule has 0 aliphatic carbocycles. The Labute approximate surface area is 142 Å². The summed E-state index contributed by atoms with van der Waals surface area (Å²) in [5.74, 6) is 0. The van der Waals surface area contributed by atoms with Crippen molar-refractivity contribution in [1.82, 2.24) is 5.32 Å². The Morgan fingerprint density at radius 1 is 1.13 bits per heavy atom. The summed E-state index contributed by atoms with van der Waals surface area (Å²) in [6.07, 6.45) is -4.51. The van der Waals surface area contributed by atoms with Gasteiger partial charge in [-0.15, -0.1) is 0 Å². The summed E-state index contributed by atoms with van der Waals surface area (Å²) in [5, 5.41) is 5.65. The molecule has 0 saturated carbocycles. The number of alkyl halides is 3. The van der Waals surface area contributed by atoms with Gasteiger partial charge in [0.25, 0.3) is 0 Å². The van der Waals surface area contributed by atoms with Crippen LogP contribution < -0.4 is 10.6 Å². The van der Waals surface area contributed by atoms with E-state index in [-0.39, 0.29) is 21.9 Å². The number of thiocarbonyl (C=S) groups is 1. The lowest BCUT2D eigenvalue weighted by Gasteiger charge is -2.18. The monoisotopic (exact) mass is 358 g/mol. The molecular formula is C16H14ClF3N2S. The van der Waals surface area contributed by atoms with E-state index in [0.29, 0.717) is 0 Å². The van der Waals surface area contributed by atoms with Gasteiger partial charge in [0.15, 0.2) is 5.11 Å². The van der Waals surface area contributed by atoms with E-state index in [2.05, 4.69) is 10.6 Å². The van der Waals surface area contributed by atoms with Crippen LogP contribution in [0.2, 0.25) is 5.02 Å². The summed E-state index contributed by atoms with van der Waals surface area (Å²) in [6, 6.07) is 13.1. The maximum Gasteiger partial charge on any atom is 0.417 e. The molecule has 2 aromatic rings. The van der Waals surface area contributed by atoms with E-state index in [4.69, 9.17) is 23.8 Å². The molecule has 2 N–H and O–H groups in total. The first-order chi connectivity index (χ1) is 10.8. The molecule has 0 radical (unpaired) electrons. The van der Waals surface area contributed by atoms with Crippen molar-refractivity contribution in [3.63, 3.8) is 0 Å². The molecule has 0 aromatic heterocycles. The van der Waals surface area contributed by atoms with Gasteiger partial charge in [0, 0.05) is 5.69 Å². The van der Waals surface area contributed by atoms with Crippen LogP contribution in [-0.2, 0) is 6.18 Å². The average Bonchev–Trinajstić information content (AvgIpc) is 2.49. The van der Waals surface area contributed by atoms with E-state index in [1.165, 1.54) is 12.1 Å². The second kappa shape index (κ2) is 7.19. The Morgan fingerprint density at radius 2 is 1.78 bits per heavy atom. The van der Waals surface area contributed by atoms with Crippen LogP contribution in [0.3, 0.4) is 0 Å². The van der Waals surface area contributed by atoms with Crippen molar-refractivity contribution in [2.24, 2.45) is 0 Å². The lowest BCUT2D eigenvalue weighted by Crippen LogP contribution is -2.31. The smallest absolute Gasteiger partial charge is 0.356 e. The Hall–Kier alpha value is -1.79. The summed E-state index contributed by atoms with van der Waals surface area (Å²) >= 11 is 10.7. The van der Waals surface area contributed by atoms with Crippen molar-refractivity contribution in [2.45, 2.75) is 19.1 Å². The number of benzene rings is 2. The standard InChI is InChI=1S/C16H14ClF3N2S/c1-10(11-5-3-2-4-6-11)21-15(23)22-12-7-8-14(17)13(9-12)16(18,19)20/h2-10H,1H3,(H2,21,22,23)/t10-/m1/s1. The van der Waals surface area contributed by atoms with Gasteiger partial charge in [-0.3, -0.25) is 0 Å². The molecule has 0 spiro atoms. The highest BCUT2D eigenvalue weighted by atomic mass is 35.5. The van der Waals surface area contributed by atoms with Gasteiger partial charge in [0.2, 0.25) is 0 Å². The van der Waals surface area contributed by atoms with Gasteiger partial charge >= 0.3 is 6.18 Å². The second-order valence-electron chi connectivity index (χ2n) is 4.92. The second-order valence-corrected chi connectivity index (χ2v) is 5.74. The first-order valence-corrected chi connectivity index (χ1v) is 7.55. The summed E-state index contributed by atoms with van der Waals surface area (Å²) in [7, 11) is 0. The van der Waals surface area contributed by atoms with Crippen LogP contribution in [0.1, 0.15) is 24.1 Å². The van der Waals surface area contributed by atoms with Crippen molar-refractivity contribution in [3.8, 4) is 0 Å². The molecule has 2 aromatic carbocycles. The highest BCUT2D eigenvalue weighted by Crippen LogP contribution is 2.36. The van der Waals surface area contributed by atoms with Gasteiger partial charge in [0.1, 0.15) is 0 Å². The molecule has 7 heteroatoms. The Kier molecular flexibility index (Phi) is 5.49. The third-order valence-electron chi connectivity index (χ3n) is 3.18. The molecule has 0 heterocycles. The number of nitrogens with one attached hydrogen (secondary N) is 2. The zero-order valence-corrected chi connectivity index (χ0v) is 13.7. The van der Waals surface area contributed by atoms with Crippen LogP contribution in [0.15, 0.2) is 48.5 Å². The van der Waals surface area contributed by atoms with E-state index in [0.717, 1.165) is 11.6 Å². The van der Waals surface area contributed by atoms with E-state index >= 15 is 0 Å². The van der Waals surface area contributed by atoms with Gasteiger partial charge < -0.3 is 10.6 Å². The van der Waals surface area contributed by atoms with Crippen LogP contribution >= 0.6 is 23.8 Å². The maximum absolute atomic E-state index is 12.8. The Morgan fingerprint density at radius 3 is 2.39 bits per heavy atom. The highest BCUT2D eigenvalue weighted by molar-refractivity contribution is 7.80. The molecule has 0 aliphatic rings. The summed E-state index contributed by atoms with van der Waals surface area (Å²) in [4.78, 5) is 0. The molecule has 2 rings (SSSR count). The summed E-state index contributed by atoms with van der Waals surface area (Å²) < 4.78 is 38.5. The van der Waals surface area contributed by atoms with Crippen molar-refractivity contribution in [3.05, 3.63) is 64.7 Å². The SMILES string of the molecule is C[C@@H](NC(=S)Nc1ccc(Cl)c(C(F)(F)F)c1)c1ccccc1. The average molecular weight is 359 g/mol. The van der Waals surface area contributed by atoms with Gasteiger partial charge in [-0.25, -0.2) is 0 Å². The number of rotatable bonds is 3. The highest BCUT2D eigenvalue weighted by Gasteiger charge is 2.33. The zero-order valence-electron chi connectivity index (χ0n) is 12.1. The van der Waals surface area contributed by atoms with Crippen molar-refractivity contribution < 1.29 is 13.2 Å². The topological polar surface area (TPSA) is 24.1 Å². The van der Waals surface area contributed by atoms with E-state index in [9.17, 15) is 13.2 Å². The quantitative estimate of drug-likeness (QED) is 0.718. The number of anilines is 1. The molecule has 0 unspecified atom stereocenters. The van der Waals surface area contributed by atoms with Crippen molar-refractivity contribution >= 4 is 34.6 Å². The third kappa shape index (κ3) is 4.84. The summed E-state index contributed by atoms with van der Waals surface area (Å²) in [5.41, 5.74) is 0.339. The molecule has 23 heavy (non-hydrogen) atoms.